The van der Waals surface area contributed by atoms with Gasteiger partial charge in [0.15, 0.2) is 0 Å². The topological polar surface area (TPSA) is 49.4 Å². The van der Waals surface area contributed by atoms with Gasteiger partial charge in [-0.3, -0.25) is 9.59 Å². The van der Waals surface area contributed by atoms with Crippen molar-refractivity contribution in [1.82, 2.24) is 10.2 Å². The van der Waals surface area contributed by atoms with Crippen LogP contribution in [-0.4, -0.2) is 36.3 Å². The molecule has 0 unspecified atom stereocenters. The summed E-state index contributed by atoms with van der Waals surface area (Å²) >= 11 is 0. The Balaban J connectivity index is 1.95. The van der Waals surface area contributed by atoms with Crippen molar-refractivity contribution >= 4 is 11.8 Å². The van der Waals surface area contributed by atoms with Gasteiger partial charge in [0.05, 0.1) is 6.54 Å². The van der Waals surface area contributed by atoms with Crippen LogP contribution < -0.4 is 5.32 Å². The first-order chi connectivity index (χ1) is 11.2. The summed E-state index contributed by atoms with van der Waals surface area (Å²) in [5, 5.41) is 2.73. The lowest BCUT2D eigenvalue weighted by atomic mass is 9.81. The number of benzene rings is 1. The highest BCUT2D eigenvalue weighted by molar-refractivity contribution is 5.94. The summed E-state index contributed by atoms with van der Waals surface area (Å²) in [5.74, 6) is 3.18. The normalized spacial score (nSPS) is 20.6. The Kier molecular flexibility index (Phi) is 6.22. The molecule has 1 heterocycles. The number of terminal acetylenes is 1. The smallest absolute Gasteiger partial charge is 0.253 e. The zero-order chi connectivity index (χ0) is 16.7. The Bertz CT molecular complexity index is 577. The molecule has 23 heavy (non-hydrogen) atoms. The molecular weight excluding hydrogens is 288 g/mol. The minimum absolute atomic E-state index is 0.00855. The van der Waals surface area contributed by atoms with Crippen LogP contribution in [0.5, 0.6) is 0 Å². The highest BCUT2D eigenvalue weighted by Gasteiger charge is 2.31. The van der Waals surface area contributed by atoms with Crippen LogP contribution in [0.1, 0.15) is 36.5 Å². The monoisotopic (exact) mass is 312 g/mol. The Labute approximate surface area is 138 Å². The number of rotatable bonds is 5. The molecule has 1 fully saturated rings. The number of hydrogen-bond acceptors (Lipinski definition) is 2. The average molecular weight is 312 g/mol. The van der Waals surface area contributed by atoms with Crippen molar-refractivity contribution in [2.45, 2.75) is 26.2 Å². The predicted octanol–water partition coefficient (Wildman–Crippen LogP) is 2.31. The van der Waals surface area contributed by atoms with E-state index in [2.05, 4.69) is 18.2 Å². The SMILES string of the molecule is C#CCNC(=O)C[C@@H]1CCN(C(=O)c2ccccc2)C[C@@H]1CC. The molecule has 0 spiro atoms. The van der Waals surface area contributed by atoms with Crippen molar-refractivity contribution in [3.05, 3.63) is 35.9 Å². The lowest BCUT2D eigenvalue weighted by Gasteiger charge is -2.38. The minimum Gasteiger partial charge on any atom is -0.345 e. The second kappa shape index (κ2) is 8.38. The summed E-state index contributed by atoms with van der Waals surface area (Å²) in [7, 11) is 0. The van der Waals surface area contributed by atoms with E-state index in [1.165, 1.54) is 0 Å². The van der Waals surface area contributed by atoms with Gasteiger partial charge in [0.25, 0.3) is 5.91 Å². The molecule has 4 heteroatoms. The number of likely N-dealkylation sites (tertiary alicyclic amines) is 1. The molecule has 1 saturated heterocycles. The maximum Gasteiger partial charge on any atom is 0.253 e. The molecule has 1 aliphatic rings. The van der Waals surface area contributed by atoms with Gasteiger partial charge < -0.3 is 10.2 Å². The van der Waals surface area contributed by atoms with Crippen molar-refractivity contribution in [3.8, 4) is 12.3 Å². The van der Waals surface area contributed by atoms with Gasteiger partial charge in [-0.05, 0) is 30.4 Å². The van der Waals surface area contributed by atoms with E-state index >= 15 is 0 Å². The number of piperidine rings is 1. The molecule has 0 bridgehead atoms. The lowest BCUT2D eigenvalue weighted by molar-refractivity contribution is -0.122. The van der Waals surface area contributed by atoms with Gasteiger partial charge in [0, 0.05) is 25.1 Å². The van der Waals surface area contributed by atoms with E-state index < -0.39 is 0 Å². The largest absolute Gasteiger partial charge is 0.345 e. The second-order valence-electron chi connectivity index (χ2n) is 6.02. The van der Waals surface area contributed by atoms with E-state index in [9.17, 15) is 9.59 Å². The first-order valence-electron chi connectivity index (χ1n) is 8.20. The first-order valence-corrected chi connectivity index (χ1v) is 8.20. The maximum absolute atomic E-state index is 12.6. The van der Waals surface area contributed by atoms with E-state index in [-0.39, 0.29) is 18.4 Å². The molecule has 4 nitrogen and oxygen atoms in total. The number of nitrogens with zero attached hydrogens (tertiary/aromatic N) is 1. The molecule has 0 radical (unpaired) electrons. The number of nitrogens with one attached hydrogen (secondary N) is 1. The third kappa shape index (κ3) is 4.59. The Hall–Kier alpha value is -2.28. The Morgan fingerprint density at radius 3 is 2.70 bits per heavy atom. The second-order valence-corrected chi connectivity index (χ2v) is 6.02. The van der Waals surface area contributed by atoms with E-state index in [0.717, 1.165) is 24.9 Å². The van der Waals surface area contributed by atoms with Crippen LogP contribution in [0.25, 0.3) is 0 Å². The van der Waals surface area contributed by atoms with Gasteiger partial charge in [0.1, 0.15) is 0 Å². The molecule has 0 aliphatic carbocycles. The number of hydrogen-bond donors (Lipinski definition) is 1. The lowest BCUT2D eigenvalue weighted by Crippen LogP contribution is -2.44. The van der Waals surface area contributed by atoms with E-state index in [1.54, 1.807) is 0 Å². The van der Waals surface area contributed by atoms with E-state index in [0.29, 0.717) is 24.8 Å². The van der Waals surface area contributed by atoms with E-state index in [1.807, 2.05) is 35.2 Å². The van der Waals surface area contributed by atoms with Crippen molar-refractivity contribution in [2.24, 2.45) is 11.8 Å². The number of amides is 2. The fourth-order valence-corrected chi connectivity index (χ4v) is 3.22. The summed E-state index contributed by atoms with van der Waals surface area (Å²) in [6.45, 7) is 3.82. The van der Waals surface area contributed by atoms with Gasteiger partial charge in [0.2, 0.25) is 5.91 Å². The molecule has 0 aromatic heterocycles. The third-order valence-corrected chi connectivity index (χ3v) is 4.56. The predicted molar refractivity (Wildman–Crippen MR) is 90.7 cm³/mol. The minimum atomic E-state index is 0.00855. The van der Waals surface area contributed by atoms with Gasteiger partial charge in [-0.25, -0.2) is 0 Å². The molecule has 1 N–H and O–H groups in total. The fourth-order valence-electron chi connectivity index (χ4n) is 3.22. The van der Waals surface area contributed by atoms with Crippen molar-refractivity contribution < 1.29 is 9.59 Å². The van der Waals surface area contributed by atoms with Crippen molar-refractivity contribution in [3.63, 3.8) is 0 Å². The molecule has 1 aromatic rings. The summed E-state index contributed by atoms with van der Waals surface area (Å²) < 4.78 is 0. The van der Waals surface area contributed by atoms with E-state index in [4.69, 9.17) is 6.42 Å². The standard InChI is InChI=1S/C19H24N2O2/c1-3-11-20-18(22)13-17-10-12-21(14-15(17)4-2)19(23)16-8-6-5-7-9-16/h1,5-9,15,17H,4,10-14H2,2H3,(H,20,22)/t15-,17-/m0/s1. The molecule has 0 saturated carbocycles. The Morgan fingerprint density at radius 1 is 1.30 bits per heavy atom. The number of carbonyl (C=O) groups is 2. The van der Waals surface area contributed by atoms with Gasteiger partial charge in [-0.1, -0.05) is 37.5 Å². The highest BCUT2D eigenvalue weighted by atomic mass is 16.2. The highest BCUT2D eigenvalue weighted by Crippen LogP contribution is 2.29. The van der Waals surface area contributed by atoms with Crippen LogP contribution in [0.2, 0.25) is 0 Å². The molecule has 122 valence electrons. The third-order valence-electron chi connectivity index (χ3n) is 4.56. The van der Waals surface area contributed by atoms with Crippen LogP contribution in [0.3, 0.4) is 0 Å². The number of carbonyl (C=O) groups excluding carboxylic acids is 2. The maximum atomic E-state index is 12.6. The zero-order valence-electron chi connectivity index (χ0n) is 13.6. The molecule has 1 aromatic carbocycles. The molecule has 2 amide bonds. The summed E-state index contributed by atoms with van der Waals surface area (Å²) in [6, 6.07) is 9.37. The van der Waals surface area contributed by atoms with Crippen LogP contribution in [0.15, 0.2) is 30.3 Å². The quantitative estimate of drug-likeness (QED) is 0.848. The zero-order valence-corrected chi connectivity index (χ0v) is 13.6. The average Bonchev–Trinajstić information content (AvgIpc) is 2.60. The van der Waals surface area contributed by atoms with Crippen LogP contribution >= 0.6 is 0 Å². The van der Waals surface area contributed by atoms with Crippen molar-refractivity contribution in [1.29, 1.82) is 0 Å². The molecular formula is C19H24N2O2. The molecule has 2 atom stereocenters. The van der Waals surface area contributed by atoms with Gasteiger partial charge in [-0.15, -0.1) is 6.42 Å². The van der Waals surface area contributed by atoms with Crippen LogP contribution in [0.4, 0.5) is 0 Å². The fraction of sp³-hybridized carbons (Fsp3) is 0.474. The first kappa shape index (κ1) is 17.1. The van der Waals surface area contributed by atoms with Crippen molar-refractivity contribution in [2.75, 3.05) is 19.6 Å². The summed E-state index contributed by atoms with van der Waals surface area (Å²) in [4.78, 5) is 26.4. The summed E-state index contributed by atoms with van der Waals surface area (Å²) in [6.07, 6.45) is 7.48. The molecule has 1 aliphatic heterocycles. The summed E-state index contributed by atoms with van der Waals surface area (Å²) in [5.41, 5.74) is 0.729. The van der Waals surface area contributed by atoms with Crippen LogP contribution in [0, 0.1) is 24.2 Å². The Morgan fingerprint density at radius 2 is 2.04 bits per heavy atom. The molecule has 2 rings (SSSR count). The van der Waals surface area contributed by atoms with Gasteiger partial charge >= 0.3 is 0 Å². The van der Waals surface area contributed by atoms with Crippen LogP contribution in [-0.2, 0) is 4.79 Å². The van der Waals surface area contributed by atoms with Gasteiger partial charge in [-0.2, -0.15) is 0 Å².